The zero-order valence-electron chi connectivity index (χ0n) is 12.8. The van der Waals surface area contributed by atoms with Gasteiger partial charge < -0.3 is 9.47 Å². The molecule has 7 heteroatoms. The van der Waals surface area contributed by atoms with Crippen molar-refractivity contribution < 1.29 is 28.2 Å². The predicted molar refractivity (Wildman–Crippen MR) is 79.3 cm³/mol. The van der Waals surface area contributed by atoms with Gasteiger partial charge in [0, 0.05) is 6.92 Å². The summed E-state index contributed by atoms with van der Waals surface area (Å²) in [7, 11) is 0. The van der Waals surface area contributed by atoms with Crippen molar-refractivity contribution in [1.29, 1.82) is 0 Å². The zero-order valence-corrected chi connectivity index (χ0v) is 12.8. The summed E-state index contributed by atoms with van der Waals surface area (Å²) in [6.07, 6.45) is 2.90. The second-order valence-corrected chi connectivity index (χ2v) is 6.17. The van der Waals surface area contributed by atoms with Crippen molar-refractivity contribution in [3.63, 3.8) is 0 Å². The third-order valence-corrected chi connectivity index (χ3v) is 4.74. The summed E-state index contributed by atoms with van der Waals surface area (Å²) >= 11 is 0. The minimum absolute atomic E-state index is 0.118. The molecule has 1 aromatic rings. The van der Waals surface area contributed by atoms with Crippen LogP contribution in [0.3, 0.4) is 0 Å². The Kier molecular flexibility index (Phi) is 3.11. The summed E-state index contributed by atoms with van der Waals surface area (Å²) in [6, 6.07) is 5.17. The minimum atomic E-state index is -1.11. The monoisotopic (exact) mass is 331 g/mol. The van der Waals surface area contributed by atoms with Crippen molar-refractivity contribution in [2.45, 2.75) is 18.6 Å². The second-order valence-electron chi connectivity index (χ2n) is 6.17. The lowest BCUT2D eigenvalue weighted by Gasteiger charge is -2.28. The average Bonchev–Trinajstić information content (AvgIpc) is 3.18. The Labute approximate surface area is 136 Å². The maximum atomic E-state index is 13.1. The molecule has 0 unspecified atom stereocenters. The van der Waals surface area contributed by atoms with Crippen molar-refractivity contribution >= 4 is 23.5 Å². The van der Waals surface area contributed by atoms with Gasteiger partial charge >= 0.3 is 5.97 Å². The highest BCUT2D eigenvalue weighted by atomic mass is 19.1. The lowest BCUT2D eigenvalue weighted by molar-refractivity contribution is -0.150. The van der Waals surface area contributed by atoms with Crippen LogP contribution in [0.25, 0.3) is 0 Å². The van der Waals surface area contributed by atoms with Crippen LogP contribution in [-0.4, -0.2) is 36.1 Å². The maximum Gasteiger partial charge on any atom is 0.302 e. The molecule has 6 nitrogen and oxygen atoms in total. The van der Waals surface area contributed by atoms with Gasteiger partial charge in [-0.2, -0.15) is 0 Å². The van der Waals surface area contributed by atoms with E-state index in [9.17, 15) is 18.8 Å². The Bertz CT molecular complexity index is 774. The number of imide groups is 1. The van der Waals surface area contributed by atoms with Crippen molar-refractivity contribution in [3.8, 4) is 0 Å². The number of anilines is 1. The van der Waals surface area contributed by atoms with E-state index in [-0.39, 0.29) is 12.5 Å². The Hall–Kier alpha value is -2.54. The fraction of sp³-hybridized carbons (Fsp3) is 0.353. The summed E-state index contributed by atoms with van der Waals surface area (Å²) in [6.45, 7) is 1.15. The van der Waals surface area contributed by atoms with Crippen LogP contribution in [0, 0.1) is 17.7 Å². The highest BCUT2D eigenvalue weighted by Crippen LogP contribution is 2.52. The van der Waals surface area contributed by atoms with Gasteiger partial charge in [-0.25, -0.2) is 9.29 Å². The smallest absolute Gasteiger partial charge is 0.302 e. The van der Waals surface area contributed by atoms with E-state index < -0.39 is 41.2 Å². The van der Waals surface area contributed by atoms with Gasteiger partial charge in [0.25, 0.3) is 0 Å². The van der Waals surface area contributed by atoms with Gasteiger partial charge in [-0.15, -0.1) is 0 Å². The van der Waals surface area contributed by atoms with E-state index in [0.717, 1.165) is 4.90 Å². The number of hydrogen-bond acceptors (Lipinski definition) is 5. The quantitative estimate of drug-likeness (QED) is 0.473. The van der Waals surface area contributed by atoms with Crippen LogP contribution in [0.2, 0.25) is 0 Å². The molecule has 4 atom stereocenters. The lowest BCUT2D eigenvalue weighted by Crippen LogP contribution is -2.44. The first kappa shape index (κ1) is 15.0. The van der Waals surface area contributed by atoms with Gasteiger partial charge in [0.1, 0.15) is 18.0 Å². The largest absolute Gasteiger partial charge is 0.462 e. The average molecular weight is 331 g/mol. The maximum absolute atomic E-state index is 13.1. The molecule has 24 heavy (non-hydrogen) atoms. The molecule has 2 saturated heterocycles. The Morgan fingerprint density at radius 3 is 2.67 bits per heavy atom. The number of fused-ring (bicyclic) bond motifs is 5. The summed E-state index contributed by atoms with van der Waals surface area (Å²) in [5.41, 5.74) is -0.787. The first-order valence-electron chi connectivity index (χ1n) is 7.57. The molecule has 0 aliphatic carbocycles. The van der Waals surface area contributed by atoms with E-state index in [1.807, 2.05) is 0 Å². The molecule has 0 spiro atoms. The molecule has 0 saturated carbocycles. The van der Waals surface area contributed by atoms with E-state index in [1.54, 1.807) is 12.2 Å². The summed E-state index contributed by atoms with van der Waals surface area (Å²) in [4.78, 5) is 37.8. The molecule has 3 aliphatic rings. The van der Waals surface area contributed by atoms with Crippen LogP contribution < -0.4 is 4.90 Å². The highest BCUT2D eigenvalue weighted by molar-refractivity contribution is 6.23. The molecule has 0 aromatic heterocycles. The molecule has 4 rings (SSSR count). The second kappa shape index (κ2) is 4.98. The number of ether oxygens (including phenoxy) is 2. The Balaban J connectivity index is 1.69. The van der Waals surface area contributed by atoms with Gasteiger partial charge in [-0.3, -0.25) is 14.4 Å². The van der Waals surface area contributed by atoms with Crippen LogP contribution in [-0.2, 0) is 23.9 Å². The summed E-state index contributed by atoms with van der Waals surface area (Å²) in [5.74, 6) is -3.13. The molecule has 0 radical (unpaired) electrons. The van der Waals surface area contributed by atoms with Crippen LogP contribution >= 0.6 is 0 Å². The number of nitrogens with zero attached hydrogens (tertiary/aromatic N) is 1. The molecular formula is C17H14FNO5. The molecule has 1 aromatic carbocycles. The molecule has 3 aliphatic heterocycles. The molecular weight excluding hydrogens is 317 g/mol. The Morgan fingerprint density at radius 1 is 1.29 bits per heavy atom. The number of esters is 1. The van der Waals surface area contributed by atoms with E-state index >= 15 is 0 Å². The fourth-order valence-electron chi connectivity index (χ4n) is 3.73. The normalized spacial score (nSPS) is 33.2. The number of amides is 2. The minimum Gasteiger partial charge on any atom is -0.462 e. The molecule has 124 valence electrons. The summed E-state index contributed by atoms with van der Waals surface area (Å²) in [5, 5.41) is 0. The van der Waals surface area contributed by atoms with Crippen LogP contribution in [0.4, 0.5) is 10.1 Å². The van der Waals surface area contributed by atoms with Gasteiger partial charge in [-0.05, 0) is 30.3 Å². The third kappa shape index (κ3) is 1.94. The number of hydrogen-bond donors (Lipinski definition) is 0. The fourth-order valence-corrected chi connectivity index (χ4v) is 3.73. The topological polar surface area (TPSA) is 72.9 Å². The zero-order chi connectivity index (χ0) is 17.1. The summed E-state index contributed by atoms with van der Waals surface area (Å²) < 4.78 is 24.0. The van der Waals surface area contributed by atoms with Crippen LogP contribution in [0.1, 0.15) is 6.92 Å². The molecule has 2 amide bonds. The number of benzene rings is 1. The molecule has 2 bridgehead atoms. The van der Waals surface area contributed by atoms with E-state index in [2.05, 4.69) is 0 Å². The third-order valence-electron chi connectivity index (χ3n) is 4.74. The highest BCUT2D eigenvalue weighted by Gasteiger charge is 2.68. The number of rotatable bonds is 3. The van der Waals surface area contributed by atoms with Gasteiger partial charge in [0.15, 0.2) is 0 Å². The number of carbonyl (C=O) groups excluding carboxylic acids is 3. The first-order valence-corrected chi connectivity index (χ1v) is 7.57. The van der Waals surface area contributed by atoms with Crippen LogP contribution in [0.15, 0.2) is 36.4 Å². The SMILES string of the molecule is CC(=O)OC[C@@]12C=C[C@@H](O1)[C@@H]1C(=O)N(c3ccc(F)cc3)C(=O)[C@@H]12. The van der Waals surface area contributed by atoms with Gasteiger partial charge in [0.2, 0.25) is 11.8 Å². The van der Waals surface area contributed by atoms with Crippen LogP contribution in [0.5, 0.6) is 0 Å². The van der Waals surface area contributed by atoms with E-state index in [4.69, 9.17) is 9.47 Å². The standard InChI is InChI=1S/C17H14FNO5/c1-9(20)23-8-17-7-6-12(24-17)13-14(17)16(22)19(15(13)21)11-4-2-10(18)3-5-11/h2-7,12-14H,8H2,1H3/t12-,13+,14-,17-/m1/s1. The predicted octanol–water partition coefficient (Wildman–Crippen LogP) is 1.20. The van der Waals surface area contributed by atoms with E-state index in [0.29, 0.717) is 5.69 Å². The van der Waals surface area contributed by atoms with Gasteiger partial charge in [-0.1, -0.05) is 6.08 Å². The van der Waals surface area contributed by atoms with Crippen molar-refractivity contribution in [3.05, 3.63) is 42.2 Å². The van der Waals surface area contributed by atoms with Crippen molar-refractivity contribution in [1.82, 2.24) is 0 Å². The van der Waals surface area contributed by atoms with E-state index in [1.165, 1.54) is 31.2 Å². The van der Waals surface area contributed by atoms with Gasteiger partial charge in [0.05, 0.1) is 23.6 Å². The number of carbonyl (C=O) groups is 3. The molecule has 0 N–H and O–H groups in total. The molecule has 3 heterocycles. The molecule has 2 fully saturated rings. The Morgan fingerprint density at radius 2 is 2.00 bits per heavy atom. The van der Waals surface area contributed by atoms with Crippen molar-refractivity contribution in [2.24, 2.45) is 11.8 Å². The lowest BCUT2D eigenvalue weighted by atomic mass is 9.77. The van der Waals surface area contributed by atoms with Crippen molar-refractivity contribution in [2.75, 3.05) is 11.5 Å². The number of halogens is 1. The first-order chi connectivity index (χ1) is 11.4.